The number of rotatable bonds is 7. The summed E-state index contributed by atoms with van der Waals surface area (Å²) in [6, 6.07) is 68.3. The van der Waals surface area contributed by atoms with Crippen LogP contribution in [0.5, 0.6) is 0 Å². The molecule has 15 aromatic rings. The number of hydrogen-bond acceptors (Lipinski definition) is 6. The largest absolute Gasteiger partial charge is 0.350 e. The first-order chi connectivity index (χ1) is 54.9. The van der Waals surface area contributed by atoms with Gasteiger partial charge < -0.3 is 0 Å². The highest BCUT2D eigenvalue weighted by molar-refractivity contribution is 5.59. The zero-order valence-corrected chi connectivity index (χ0v) is 70.6. The van der Waals surface area contributed by atoms with Gasteiger partial charge in [-0.3, -0.25) is 0 Å². The van der Waals surface area contributed by atoms with E-state index in [-0.39, 0.29) is 21.7 Å². The van der Waals surface area contributed by atoms with Gasteiger partial charge in [0.1, 0.15) is 42.3 Å². The molecule has 0 fully saturated rings. The van der Waals surface area contributed by atoms with Crippen molar-refractivity contribution in [2.24, 2.45) is 42.3 Å². The lowest BCUT2D eigenvalue weighted by atomic mass is 9.61. The van der Waals surface area contributed by atoms with Gasteiger partial charge in [0.2, 0.25) is 25.3 Å². The van der Waals surface area contributed by atoms with Crippen molar-refractivity contribution in [1.29, 1.82) is 0 Å². The first-order valence-corrected chi connectivity index (χ1v) is 38.7. The first kappa shape index (κ1) is 76.2. The van der Waals surface area contributed by atoms with Gasteiger partial charge >= 0.3 is 36.0 Å². The number of aryl methyl sites for hydroxylation is 13. The van der Waals surface area contributed by atoms with Crippen LogP contribution < -0.4 is 28.1 Å². The van der Waals surface area contributed by atoms with Crippen molar-refractivity contribution in [2.75, 3.05) is 0 Å². The molecule has 2 aliphatic heterocycles. The van der Waals surface area contributed by atoms with E-state index in [1.165, 1.54) is 67.1 Å². The fourth-order valence-corrected chi connectivity index (χ4v) is 15.4. The molecule has 113 heavy (non-hydrogen) atoms. The summed E-state index contributed by atoms with van der Waals surface area (Å²) >= 11 is 0. The van der Waals surface area contributed by atoms with Crippen molar-refractivity contribution in [3.8, 4) is 68.3 Å². The van der Waals surface area contributed by atoms with Crippen LogP contribution in [0.25, 0.3) is 68.3 Å². The Balaban J connectivity index is 0.000000129. The summed E-state index contributed by atoms with van der Waals surface area (Å²) in [4.78, 5) is 27.3. The van der Waals surface area contributed by atoms with Gasteiger partial charge in [0.15, 0.2) is 0 Å². The number of para-hydroxylation sites is 6. The predicted molar refractivity (Wildman–Crippen MR) is 449 cm³/mol. The van der Waals surface area contributed by atoms with E-state index in [2.05, 4.69) is 314 Å². The Morgan fingerprint density at radius 3 is 0.929 bits per heavy atom. The minimum Gasteiger partial charge on any atom is -0.154 e. The average Bonchev–Trinajstić information content (AvgIpc) is 1.24. The average molecular weight is 1510 g/mol. The second-order valence-corrected chi connectivity index (χ2v) is 32.3. The molecule has 9 aromatic carbocycles. The van der Waals surface area contributed by atoms with E-state index in [4.69, 9.17) is 4.11 Å². The topological polar surface area (TPSA) is 130 Å². The summed E-state index contributed by atoms with van der Waals surface area (Å²) in [6.07, 6.45) is 11.2. The summed E-state index contributed by atoms with van der Waals surface area (Å²) in [7, 11) is 12.1. The summed E-state index contributed by atoms with van der Waals surface area (Å²) in [5.74, 6) is 5.96. The van der Waals surface area contributed by atoms with Crippen LogP contribution in [0.1, 0.15) is 144 Å². The lowest BCUT2D eigenvalue weighted by molar-refractivity contribution is -0.750. The highest BCUT2D eigenvalue weighted by Crippen LogP contribution is 2.50. The number of aromatic nitrogens is 18. The van der Waals surface area contributed by atoms with Crippen molar-refractivity contribution in [2.45, 2.75) is 153 Å². The third-order valence-corrected chi connectivity index (χ3v) is 23.4. The quantitative estimate of drug-likeness (QED) is 0.146. The van der Waals surface area contributed by atoms with Crippen molar-refractivity contribution < 1.29 is 32.2 Å². The van der Waals surface area contributed by atoms with Gasteiger partial charge in [-0.25, -0.2) is 0 Å². The molecule has 0 saturated carbocycles. The Morgan fingerprint density at radius 2 is 0.593 bits per heavy atom. The standard InChI is InChI=1S/2C18H20N3.2C16H22N3.C16H16N3.C11H14N3/c2*1-13-9-14(2)11-16(10-13)18-19-12-21(20(18)4)17-8-6-5-7-15(17)3;2*1-11-8-7-9-12-13(11)19-14(17-10-18(19)6)16(4,5)15(12,2)3;1-13-8-6-7-11-15(13)19-12-17-16(18(19)2)14-9-4-3-5-10-14;1-9-6-4-5-7-11(9)14-8-12-10(2)13(14)3/h2*5-12H,1-4H3;2*7-10H,1-6H3;3-12H,1-2H3;4-8H,1-3H3/q6*+1/i1D3;;;;;. The van der Waals surface area contributed by atoms with Crippen LogP contribution in [0.3, 0.4) is 0 Å². The van der Waals surface area contributed by atoms with Crippen LogP contribution in [0.4, 0.5) is 0 Å². The Kier molecular flexibility index (Phi) is 21.8. The van der Waals surface area contributed by atoms with E-state index in [9.17, 15) is 0 Å². The van der Waals surface area contributed by atoms with E-state index < -0.39 is 6.85 Å². The minimum absolute atomic E-state index is 0.00491. The van der Waals surface area contributed by atoms with Crippen LogP contribution >= 0.6 is 0 Å². The molecule has 6 aromatic heterocycles. The Bertz CT molecular complexity index is 5930. The molecule has 0 spiro atoms. The molecule has 0 amide bonds. The lowest BCUT2D eigenvalue weighted by Gasteiger charge is -2.44. The zero-order valence-electron chi connectivity index (χ0n) is 73.6. The molecule has 17 rings (SSSR count). The Hall–Kier alpha value is -12.2. The van der Waals surface area contributed by atoms with Gasteiger partial charge in [-0.15, -0.1) is 42.1 Å². The van der Waals surface area contributed by atoms with Gasteiger partial charge in [-0.1, -0.05) is 167 Å². The SMILES string of the molecule is Cc1cc(C)cc(-c2ncn(-c3ccccc3C)[n+]2C)c1.Cc1cccc2c1-n1c(nc[n+]1C)C(C)(C)C2(C)C.Cc1cccc2c1-n1c(nc[n+]1C)C(C)(C)C2(C)C.Cc1ccccc1-n1cnc(-c2ccccc2)[n+]1C.Cc1ccccc1-n1cnc(C)[n+]1C.[2H]C([2H])([2H])c1cc(C)cc(-c2ncn(-c3ccccc3C)[n+]2C)c1. The van der Waals surface area contributed by atoms with E-state index in [0.717, 1.165) is 79.8 Å². The molecule has 0 radical (unpaired) electrons. The van der Waals surface area contributed by atoms with Crippen LogP contribution in [0.15, 0.2) is 238 Å². The highest BCUT2D eigenvalue weighted by Gasteiger charge is 2.53. The molecule has 0 bridgehead atoms. The maximum atomic E-state index is 7.65. The van der Waals surface area contributed by atoms with Gasteiger partial charge in [-0.2, -0.15) is 14.0 Å². The highest BCUT2D eigenvalue weighted by atomic mass is 15.5. The molecule has 0 atom stereocenters. The fourth-order valence-electron chi connectivity index (χ4n) is 15.4. The monoisotopic (exact) mass is 1510 g/mol. The molecule has 2 aliphatic rings. The van der Waals surface area contributed by atoms with Crippen LogP contribution in [0, 0.1) is 76.1 Å². The Morgan fingerprint density at radius 1 is 0.292 bits per heavy atom. The number of hydrogen-bond donors (Lipinski definition) is 0. The van der Waals surface area contributed by atoms with Gasteiger partial charge in [0.05, 0.1) is 61.6 Å². The van der Waals surface area contributed by atoms with E-state index >= 15 is 0 Å². The summed E-state index contributed by atoms with van der Waals surface area (Å²) in [5.41, 5.74) is 24.3. The lowest BCUT2D eigenvalue weighted by Crippen LogP contribution is -2.51. The van der Waals surface area contributed by atoms with Crippen molar-refractivity contribution in [3.05, 3.63) is 322 Å². The van der Waals surface area contributed by atoms with Gasteiger partial charge in [0.25, 0.3) is 11.6 Å². The van der Waals surface area contributed by atoms with Crippen LogP contribution in [-0.2, 0) is 63.9 Å². The fraction of sp³-hybridized carbons (Fsp3) is 0.305. The minimum atomic E-state index is -2.13. The number of fused-ring (bicyclic) bond motifs is 6. The first-order valence-electron chi connectivity index (χ1n) is 40.2. The molecule has 0 aliphatic carbocycles. The number of benzene rings is 9. The second-order valence-electron chi connectivity index (χ2n) is 32.3. The summed E-state index contributed by atoms with van der Waals surface area (Å²) in [6.45, 7) is 37.2. The van der Waals surface area contributed by atoms with Crippen LogP contribution in [-0.4, -0.2) is 58.0 Å². The molecular formula is C95H114N18+6. The zero-order chi connectivity index (χ0) is 83.8. The van der Waals surface area contributed by atoms with Crippen LogP contribution in [0.2, 0.25) is 0 Å². The van der Waals surface area contributed by atoms with Crippen molar-refractivity contribution in [1.82, 2.24) is 58.0 Å². The third-order valence-electron chi connectivity index (χ3n) is 23.4. The van der Waals surface area contributed by atoms with E-state index in [1.807, 2.05) is 159 Å². The van der Waals surface area contributed by atoms with Crippen molar-refractivity contribution in [3.63, 3.8) is 0 Å². The molecular weight excluding hydrogens is 1390 g/mol. The molecule has 18 heteroatoms. The molecule has 8 heterocycles. The molecule has 578 valence electrons. The molecule has 0 unspecified atom stereocenters. The smallest absolute Gasteiger partial charge is 0.154 e. The maximum absolute atomic E-state index is 7.65. The normalized spacial score (nSPS) is 14.0. The van der Waals surface area contributed by atoms with Gasteiger partial charge in [-0.05, 0) is 254 Å². The predicted octanol–water partition coefficient (Wildman–Crippen LogP) is 15.7. The number of nitrogens with zero attached hydrogens (tertiary/aromatic N) is 18. The summed E-state index contributed by atoms with van der Waals surface area (Å²) in [5, 5.41) is 0. The molecule has 0 saturated heterocycles. The van der Waals surface area contributed by atoms with E-state index in [0.29, 0.717) is 5.56 Å². The maximum Gasteiger partial charge on any atom is 0.350 e. The molecule has 18 nitrogen and oxygen atoms in total. The second kappa shape index (κ2) is 32.3. The van der Waals surface area contributed by atoms with Crippen molar-refractivity contribution >= 4 is 0 Å². The van der Waals surface area contributed by atoms with Gasteiger partial charge in [0, 0.05) is 21.9 Å². The summed E-state index contributed by atoms with van der Waals surface area (Å²) < 4.78 is 47.9. The molecule has 0 N–H and O–H groups in total. The third kappa shape index (κ3) is 15.6. The Labute approximate surface area is 672 Å². The van der Waals surface area contributed by atoms with E-state index in [1.54, 1.807) is 18.5 Å².